The van der Waals surface area contributed by atoms with Crippen LogP contribution in [-0.4, -0.2) is 21.8 Å². The van der Waals surface area contributed by atoms with Gasteiger partial charge in [0.05, 0.1) is 10.9 Å². The van der Waals surface area contributed by atoms with E-state index in [2.05, 4.69) is 10.3 Å². The Kier molecular flexibility index (Phi) is 4.25. The molecular formula is C15H15Cl3N2. The molecule has 0 saturated heterocycles. The van der Waals surface area contributed by atoms with Gasteiger partial charge in [0.15, 0.2) is 0 Å². The van der Waals surface area contributed by atoms with Crippen molar-refractivity contribution >= 4 is 51.4 Å². The second-order valence-electron chi connectivity index (χ2n) is 5.20. The third-order valence-corrected chi connectivity index (χ3v) is 4.90. The van der Waals surface area contributed by atoms with Gasteiger partial charge in [-0.3, -0.25) is 4.98 Å². The molecule has 1 aliphatic rings. The van der Waals surface area contributed by atoms with Gasteiger partial charge in [-0.1, -0.05) is 11.6 Å². The SMILES string of the molecule is Clc1ccc2c(NC3CC(Cl)CCC3Cl)ccnc2c1. The van der Waals surface area contributed by atoms with E-state index in [1.54, 1.807) is 6.20 Å². The number of hydrogen-bond donors (Lipinski definition) is 1. The number of rotatable bonds is 2. The summed E-state index contributed by atoms with van der Waals surface area (Å²) in [5.41, 5.74) is 1.92. The van der Waals surface area contributed by atoms with Crippen molar-refractivity contribution in [3.05, 3.63) is 35.5 Å². The monoisotopic (exact) mass is 328 g/mol. The molecule has 2 aromatic rings. The number of fused-ring (bicyclic) bond motifs is 1. The smallest absolute Gasteiger partial charge is 0.0737 e. The van der Waals surface area contributed by atoms with Gasteiger partial charge in [0.2, 0.25) is 0 Å². The van der Waals surface area contributed by atoms with E-state index in [4.69, 9.17) is 34.8 Å². The van der Waals surface area contributed by atoms with Crippen LogP contribution in [0, 0.1) is 0 Å². The number of halogens is 3. The zero-order valence-electron chi connectivity index (χ0n) is 10.8. The van der Waals surface area contributed by atoms with Crippen LogP contribution in [0.25, 0.3) is 10.9 Å². The Morgan fingerprint density at radius 2 is 2.00 bits per heavy atom. The van der Waals surface area contributed by atoms with E-state index in [1.807, 2.05) is 24.3 Å². The Morgan fingerprint density at radius 3 is 2.85 bits per heavy atom. The van der Waals surface area contributed by atoms with Gasteiger partial charge in [-0.2, -0.15) is 0 Å². The van der Waals surface area contributed by atoms with Gasteiger partial charge < -0.3 is 5.32 Å². The Balaban J connectivity index is 1.90. The van der Waals surface area contributed by atoms with Crippen molar-refractivity contribution in [3.63, 3.8) is 0 Å². The molecule has 1 aromatic heterocycles. The number of aromatic nitrogens is 1. The van der Waals surface area contributed by atoms with Gasteiger partial charge in [-0.05, 0) is 43.5 Å². The summed E-state index contributed by atoms with van der Waals surface area (Å²) in [5.74, 6) is 0. The number of hydrogen-bond acceptors (Lipinski definition) is 2. The van der Waals surface area contributed by atoms with Crippen molar-refractivity contribution in [1.82, 2.24) is 4.98 Å². The first-order valence-corrected chi connectivity index (χ1v) is 7.97. The zero-order valence-corrected chi connectivity index (χ0v) is 13.1. The third-order valence-electron chi connectivity index (χ3n) is 3.75. The van der Waals surface area contributed by atoms with Crippen LogP contribution in [0.2, 0.25) is 5.02 Å². The summed E-state index contributed by atoms with van der Waals surface area (Å²) in [5, 5.41) is 5.58. The molecule has 0 radical (unpaired) electrons. The Labute approximate surface area is 133 Å². The molecule has 0 amide bonds. The van der Waals surface area contributed by atoms with Crippen LogP contribution < -0.4 is 5.32 Å². The molecule has 0 bridgehead atoms. The van der Waals surface area contributed by atoms with E-state index in [0.29, 0.717) is 5.02 Å². The fourth-order valence-corrected chi connectivity index (χ4v) is 3.45. The lowest BCUT2D eigenvalue weighted by Gasteiger charge is -2.31. The quantitative estimate of drug-likeness (QED) is 0.778. The predicted molar refractivity (Wildman–Crippen MR) is 87.3 cm³/mol. The van der Waals surface area contributed by atoms with Crippen LogP contribution >= 0.6 is 34.8 Å². The van der Waals surface area contributed by atoms with Crippen molar-refractivity contribution in [2.45, 2.75) is 36.1 Å². The van der Waals surface area contributed by atoms with Crippen molar-refractivity contribution in [2.24, 2.45) is 0 Å². The summed E-state index contributed by atoms with van der Waals surface area (Å²) < 4.78 is 0. The van der Waals surface area contributed by atoms with E-state index >= 15 is 0 Å². The van der Waals surface area contributed by atoms with Gasteiger partial charge in [-0.15, -0.1) is 23.2 Å². The number of alkyl halides is 2. The summed E-state index contributed by atoms with van der Waals surface area (Å²) >= 11 is 18.7. The number of anilines is 1. The van der Waals surface area contributed by atoms with E-state index in [9.17, 15) is 0 Å². The third kappa shape index (κ3) is 2.98. The molecular weight excluding hydrogens is 315 g/mol. The van der Waals surface area contributed by atoms with Gasteiger partial charge in [0.1, 0.15) is 0 Å². The van der Waals surface area contributed by atoms with E-state index < -0.39 is 0 Å². The highest BCUT2D eigenvalue weighted by Gasteiger charge is 2.28. The molecule has 1 N–H and O–H groups in total. The molecule has 3 atom stereocenters. The molecule has 0 aliphatic heterocycles. The van der Waals surface area contributed by atoms with E-state index in [1.165, 1.54) is 0 Å². The fourth-order valence-electron chi connectivity index (χ4n) is 2.68. The maximum absolute atomic E-state index is 6.42. The van der Waals surface area contributed by atoms with Gasteiger partial charge in [0.25, 0.3) is 0 Å². The standard InChI is InChI=1S/C15H15Cl3N2/c16-9-1-3-11-13(5-6-19-14(11)7-9)20-15-8-10(17)2-4-12(15)18/h1,3,5-7,10,12,15H,2,4,8H2,(H,19,20). The minimum absolute atomic E-state index is 0.112. The van der Waals surface area contributed by atoms with Crippen LogP contribution in [0.5, 0.6) is 0 Å². The van der Waals surface area contributed by atoms with Crippen LogP contribution in [-0.2, 0) is 0 Å². The van der Waals surface area contributed by atoms with Gasteiger partial charge >= 0.3 is 0 Å². The van der Waals surface area contributed by atoms with Crippen LogP contribution in [0.4, 0.5) is 5.69 Å². The topological polar surface area (TPSA) is 24.9 Å². The summed E-state index contributed by atoms with van der Waals surface area (Å²) in [4.78, 5) is 4.35. The van der Waals surface area contributed by atoms with Crippen LogP contribution in [0.15, 0.2) is 30.5 Å². The molecule has 1 fully saturated rings. The second kappa shape index (κ2) is 5.97. The number of pyridine rings is 1. The molecule has 2 nitrogen and oxygen atoms in total. The Bertz CT molecular complexity index is 617. The summed E-state index contributed by atoms with van der Waals surface area (Å²) in [6.45, 7) is 0. The van der Waals surface area contributed by atoms with E-state index in [0.717, 1.165) is 35.9 Å². The number of benzene rings is 1. The maximum Gasteiger partial charge on any atom is 0.0737 e. The van der Waals surface area contributed by atoms with E-state index in [-0.39, 0.29) is 16.8 Å². The van der Waals surface area contributed by atoms with Crippen molar-refractivity contribution in [3.8, 4) is 0 Å². The Hall–Kier alpha value is -0.700. The molecule has 3 rings (SSSR count). The molecule has 1 aromatic carbocycles. The minimum atomic E-state index is 0.112. The molecule has 3 unspecified atom stereocenters. The first-order valence-electron chi connectivity index (χ1n) is 6.72. The first-order chi connectivity index (χ1) is 9.63. The van der Waals surface area contributed by atoms with Gasteiger partial charge in [0, 0.05) is 33.7 Å². The molecule has 106 valence electrons. The molecule has 1 saturated carbocycles. The highest BCUT2D eigenvalue weighted by atomic mass is 35.5. The molecule has 1 heterocycles. The Morgan fingerprint density at radius 1 is 1.15 bits per heavy atom. The van der Waals surface area contributed by atoms with Crippen molar-refractivity contribution < 1.29 is 0 Å². The fraction of sp³-hybridized carbons (Fsp3) is 0.400. The summed E-state index contributed by atoms with van der Waals surface area (Å²) in [6, 6.07) is 7.88. The number of nitrogens with one attached hydrogen (secondary N) is 1. The predicted octanol–water partition coefficient (Wildman–Crippen LogP) is 5.07. The molecule has 0 spiro atoms. The molecule has 20 heavy (non-hydrogen) atoms. The average molecular weight is 330 g/mol. The first kappa shape index (κ1) is 14.2. The second-order valence-corrected chi connectivity index (χ2v) is 6.81. The highest BCUT2D eigenvalue weighted by molar-refractivity contribution is 6.31. The highest BCUT2D eigenvalue weighted by Crippen LogP contribution is 2.31. The average Bonchev–Trinajstić information content (AvgIpc) is 2.43. The summed E-state index contributed by atoms with van der Waals surface area (Å²) in [7, 11) is 0. The normalized spacial score (nSPS) is 26.6. The lowest BCUT2D eigenvalue weighted by molar-refractivity contribution is 0.476. The lowest BCUT2D eigenvalue weighted by atomic mass is 9.94. The lowest BCUT2D eigenvalue weighted by Crippen LogP contribution is -2.37. The molecule has 5 heteroatoms. The number of nitrogens with zero attached hydrogens (tertiary/aromatic N) is 1. The van der Waals surface area contributed by atoms with Crippen molar-refractivity contribution in [1.29, 1.82) is 0 Å². The zero-order chi connectivity index (χ0) is 14.1. The molecule has 1 aliphatic carbocycles. The summed E-state index contributed by atoms with van der Waals surface area (Å²) in [6.07, 6.45) is 4.60. The van der Waals surface area contributed by atoms with Crippen LogP contribution in [0.1, 0.15) is 19.3 Å². The minimum Gasteiger partial charge on any atom is -0.380 e. The van der Waals surface area contributed by atoms with Crippen LogP contribution in [0.3, 0.4) is 0 Å². The largest absolute Gasteiger partial charge is 0.380 e. The maximum atomic E-state index is 6.42. The van der Waals surface area contributed by atoms with Gasteiger partial charge in [-0.25, -0.2) is 0 Å². The van der Waals surface area contributed by atoms with Crippen molar-refractivity contribution in [2.75, 3.05) is 5.32 Å².